The van der Waals surface area contributed by atoms with Crippen molar-refractivity contribution in [3.8, 4) is 0 Å². The van der Waals surface area contributed by atoms with Gasteiger partial charge in [-0.2, -0.15) is 0 Å². The Kier molecular flexibility index (Phi) is 3.87. The van der Waals surface area contributed by atoms with Gasteiger partial charge in [-0.1, -0.05) is 6.92 Å². The number of rotatable bonds is 4. The van der Waals surface area contributed by atoms with E-state index < -0.39 is 10.8 Å². The summed E-state index contributed by atoms with van der Waals surface area (Å²) >= 11 is 0. The molecule has 76 valence electrons. The molecule has 0 aromatic heterocycles. The maximum Gasteiger partial charge on any atom is 0.237 e. The molecule has 0 aromatic rings. The van der Waals surface area contributed by atoms with Gasteiger partial charge in [0.2, 0.25) is 5.91 Å². The molecule has 2 unspecified atom stereocenters. The van der Waals surface area contributed by atoms with E-state index in [4.69, 9.17) is 0 Å². The van der Waals surface area contributed by atoms with Crippen LogP contribution in [0.5, 0.6) is 0 Å². The zero-order valence-electron chi connectivity index (χ0n) is 8.08. The van der Waals surface area contributed by atoms with Crippen LogP contribution in [0.4, 0.5) is 0 Å². The predicted octanol–water partition coefficient (Wildman–Crippen LogP) is -0.467. The van der Waals surface area contributed by atoms with Crippen LogP contribution in [0.3, 0.4) is 0 Å². The molecule has 1 amide bonds. The summed E-state index contributed by atoms with van der Waals surface area (Å²) in [6.45, 7) is 3.06. The standard InChI is InChI=1S/C8H16N2O2S/c1-3-7-9-6-8(11)10(7)4-5-13(2)12/h7,9H,3-6H2,1-2H3. The van der Waals surface area contributed by atoms with Gasteiger partial charge in [-0.25, -0.2) is 0 Å². The van der Waals surface area contributed by atoms with Gasteiger partial charge in [0.25, 0.3) is 0 Å². The molecular weight excluding hydrogens is 188 g/mol. The molecule has 0 bridgehead atoms. The summed E-state index contributed by atoms with van der Waals surface area (Å²) in [5.41, 5.74) is 0. The van der Waals surface area contributed by atoms with Crippen molar-refractivity contribution in [2.75, 3.05) is 25.1 Å². The van der Waals surface area contributed by atoms with E-state index in [9.17, 15) is 9.00 Å². The molecule has 4 nitrogen and oxygen atoms in total. The fourth-order valence-electron chi connectivity index (χ4n) is 1.46. The fraction of sp³-hybridized carbons (Fsp3) is 0.875. The third-order valence-corrected chi connectivity index (χ3v) is 2.95. The molecule has 1 saturated heterocycles. The number of carbonyl (C=O) groups excluding carboxylic acids is 1. The first kappa shape index (κ1) is 10.7. The summed E-state index contributed by atoms with van der Waals surface area (Å²) in [6, 6.07) is 0. The van der Waals surface area contributed by atoms with Crippen LogP contribution >= 0.6 is 0 Å². The van der Waals surface area contributed by atoms with Gasteiger partial charge in [0.05, 0.1) is 12.7 Å². The molecule has 0 spiro atoms. The molecule has 1 heterocycles. The third-order valence-electron chi connectivity index (χ3n) is 2.19. The van der Waals surface area contributed by atoms with Gasteiger partial charge < -0.3 is 4.90 Å². The van der Waals surface area contributed by atoms with Gasteiger partial charge in [0.1, 0.15) is 0 Å². The Balaban J connectivity index is 2.45. The lowest BCUT2D eigenvalue weighted by molar-refractivity contribution is -0.127. The smallest absolute Gasteiger partial charge is 0.237 e. The second-order valence-corrected chi connectivity index (χ2v) is 4.72. The van der Waals surface area contributed by atoms with Crippen molar-refractivity contribution >= 4 is 16.7 Å². The molecule has 0 aromatic carbocycles. The Bertz CT molecular complexity index is 220. The quantitative estimate of drug-likeness (QED) is 0.673. The van der Waals surface area contributed by atoms with Gasteiger partial charge >= 0.3 is 0 Å². The van der Waals surface area contributed by atoms with Gasteiger partial charge in [-0.3, -0.25) is 14.3 Å². The highest BCUT2D eigenvalue weighted by atomic mass is 32.2. The van der Waals surface area contributed by atoms with Crippen molar-refractivity contribution < 1.29 is 9.00 Å². The summed E-state index contributed by atoms with van der Waals surface area (Å²) in [5.74, 6) is 0.696. The molecule has 5 heteroatoms. The third kappa shape index (κ3) is 2.77. The van der Waals surface area contributed by atoms with Crippen LogP contribution in [-0.4, -0.2) is 46.3 Å². The second kappa shape index (κ2) is 4.72. The number of carbonyl (C=O) groups is 1. The van der Waals surface area contributed by atoms with Crippen molar-refractivity contribution in [1.29, 1.82) is 0 Å². The zero-order valence-corrected chi connectivity index (χ0v) is 8.89. The summed E-state index contributed by atoms with van der Waals surface area (Å²) < 4.78 is 10.9. The molecule has 1 fully saturated rings. The molecule has 0 aliphatic carbocycles. The lowest BCUT2D eigenvalue weighted by atomic mass is 10.3. The fourth-order valence-corrected chi connectivity index (χ4v) is 1.92. The van der Waals surface area contributed by atoms with Gasteiger partial charge in [-0.15, -0.1) is 0 Å². The second-order valence-electron chi connectivity index (χ2n) is 3.17. The van der Waals surface area contributed by atoms with E-state index in [1.54, 1.807) is 11.2 Å². The monoisotopic (exact) mass is 204 g/mol. The largest absolute Gasteiger partial charge is 0.325 e. The van der Waals surface area contributed by atoms with Crippen LogP contribution in [0, 0.1) is 0 Å². The minimum atomic E-state index is -0.815. The van der Waals surface area contributed by atoms with E-state index in [1.807, 2.05) is 6.92 Å². The number of nitrogens with one attached hydrogen (secondary N) is 1. The van der Waals surface area contributed by atoms with Crippen LogP contribution in [0.1, 0.15) is 13.3 Å². The number of nitrogens with zero attached hydrogens (tertiary/aromatic N) is 1. The summed E-state index contributed by atoms with van der Waals surface area (Å²) in [4.78, 5) is 13.1. The Morgan fingerprint density at radius 1 is 1.69 bits per heavy atom. The highest BCUT2D eigenvalue weighted by Crippen LogP contribution is 2.07. The molecule has 2 atom stereocenters. The van der Waals surface area contributed by atoms with Crippen molar-refractivity contribution in [3.05, 3.63) is 0 Å². The van der Waals surface area contributed by atoms with Gasteiger partial charge in [-0.05, 0) is 6.42 Å². The van der Waals surface area contributed by atoms with Crippen LogP contribution < -0.4 is 5.32 Å². The first-order valence-electron chi connectivity index (χ1n) is 4.48. The molecule has 1 N–H and O–H groups in total. The maximum absolute atomic E-state index is 11.3. The Morgan fingerprint density at radius 2 is 2.38 bits per heavy atom. The number of hydrogen-bond donors (Lipinski definition) is 1. The van der Waals surface area contributed by atoms with E-state index in [-0.39, 0.29) is 12.1 Å². The van der Waals surface area contributed by atoms with Crippen molar-refractivity contribution in [1.82, 2.24) is 10.2 Å². The predicted molar refractivity (Wildman–Crippen MR) is 52.7 cm³/mol. The van der Waals surface area contributed by atoms with Crippen molar-refractivity contribution in [2.45, 2.75) is 19.5 Å². The lowest BCUT2D eigenvalue weighted by Crippen LogP contribution is -2.39. The summed E-state index contributed by atoms with van der Waals surface area (Å²) in [5, 5.41) is 3.11. The average molecular weight is 204 g/mol. The van der Waals surface area contributed by atoms with Crippen LogP contribution in [0.25, 0.3) is 0 Å². The van der Waals surface area contributed by atoms with Gasteiger partial charge in [0, 0.05) is 29.4 Å². The Labute approximate surface area is 81.1 Å². The SMILES string of the molecule is CCC1NCC(=O)N1CCS(C)=O. The highest BCUT2D eigenvalue weighted by Gasteiger charge is 2.28. The Hall–Kier alpha value is -0.420. The minimum Gasteiger partial charge on any atom is -0.325 e. The molecular formula is C8H16N2O2S. The zero-order chi connectivity index (χ0) is 9.84. The first-order chi connectivity index (χ1) is 6.15. The van der Waals surface area contributed by atoms with Crippen LogP contribution in [-0.2, 0) is 15.6 Å². The molecule has 1 aliphatic heterocycles. The summed E-state index contributed by atoms with van der Waals surface area (Å²) in [7, 11) is -0.815. The van der Waals surface area contributed by atoms with E-state index in [0.29, 0.717) is 18.8 Å². The number of hydrogen-bond acceptors (Lipinski definition) is 3. The summed E-state index contributed by atoms with van der Waals surface area (Å²) in [6.07, 6.45) is 2.72. The molecule has 13 heavy (non-hydrogen) atoms. The molecule has 0 saturated carbocycles. The van der Waals surface area contributed by atoms with E-state index in [0.717, 1.165) is 6.42 Å². The Morgan fingerprint density at radius 3 is 2.92 bits per heavy atom. The van der Waals surface area contributed by atoms with E-state index in [1.165, 1.54) is 0 Å². The maximum atomic E-state index is 11.3. The van der Waals surface area contributed by atoms with Crippen molar-refractivity contribution in [3.63, 3.8) is 0 Å². The molecule has 0 radical (unpaired) electrons. The highest BCUT2D eigenvalue weighted by molar-refractivity contribution is 7.84. The minimum absolute atomic E-state index is 0.123. The van der Waals surface area contributed by atoms with Crippen molar-refractivity contribution in [2.24, 2.45) is 0 Å². The average Bonchev–Trinajstić information content (AvgIpc) is 2.43. The number of amides is 1. The molecule has 1 aliphatic rings. The van der Waals surface area contributed by atoms with Crippen LogP contribution in [0.15, 0.2) is 0 Å². The van der Waals surface area contributed by atoms with E-state index >= 15 is 0 Å². The van der Waals surface area contributed by atoms with Crippen LogP contribution in [0.2, 0.25) is 0 Å². The lowest BCUT2D eigenvalue weighted by Gasteiger charge is -2.22. The first-order valence-corrected chi connectivity index (χ1v) is 6.20. The van der Waals surface area contributed by atoms with E-state index in [2.05, 4.69) is 5.32 Å². The topological polar surface area (TPSA) is 49.4 Å². The molecule has 1 rings (SSSR count). The normalized spacial score (nSPS) is 25.2. The van der Waals surface area contributed by atoms with Gasteiger partial charge in [0.15, 0.2) is 0 Å².